The molecule has 0 spiro atoms. The molecular formula is C19H13N7O. The van der Waals surface area contributed by atoms with Gasteiger partial charge in [-0.1, -0.05) is 0 Å². The number of aromatic amines is 2. The molecule has 0 radical (unpaired) electrons. The van der Waals surface area contributed by atoms with Gasteiger partial charge >= 0.3 is 0 Å². The molecule has 0 bridgehead atoms. The molecule has 0 aliphatic heterocycles. The van der Waals surface area contributed by atoms with Gasteiger partial charge in [0, 0.05) is 34.4 Å². The standard InChI is InChI=1S/C19H13N7O/c27-10-14-6-11-8-21-17(7-16(11)23-14)19-20-4-3-18(25-19)24-13-1-2-15-12(5-13)9-22-26-15/h1-10,23H,(H,22,26)(H,20,24,25). The lowest BCUT2D eigenvalue weighted by Crippen LogP contribution is -1.97. The highest BCUT2D eigenvalue weighted by molar-refractivity contribution is 5.89. The van der Waals surface area contributed by atoms with Crippen molar-refractivity contribution in [3.8, 4) is 11.5 Å². The van der Waals surface area contributed by atoms with Crippen LogP contribution in [0.5, 0.6) is 0 Å². The van der Waals surface area contributed by atoms with Crippen molar-refractivity contribution in [3.63, 3.8) is 0 Å². The monoisotopic (exact) mass is 355 g/mol. The minimum absolute atomic E-state index is 0.494. The predicted molar refractivity (Wildman–Crippen MR) is 102 cm³/mol. The summed E-state index contributed by atoms with van der Waals surface area (Å²) in [6, 6.07) is 11.3. The molecule has 0 fully saturated rings. The van der Waals surface area contributed by atoms with Crippen molar-refractivity contribution in [2.24, 2.45) is 0 Å². The second-order valence-electron chi connectivity index (χ2n) is 6.06. The van der Waals surface area contributed by atoms with Gasteiger partial charge in [-0.2, -0.15) is 5.10 Å². The van der Waals surface area contributed by atoms with E-state index in [0.717, 1.165) is 33.8 Å². The number of H-pyrrole nitrogens is 2. The quantitative estimate of drug-likeness (QED) is 0.426. The molecule has 8 nitrogen and oxygen atoms in total. The van der Waals surface area contributed by atoms with Gasteiger partial charge in [0.05, 0.1) is 17.4 Å². The molecule has 130 valence electrons. The van der Waals surface area contributed by atoms with Crippen LogP contribution in [0.15, 0.2) is 55.0 Å². The van der Waals surface area contributed by atoms with Gasteiger partial charge in [-0.25, -0.2) is 9.97 Å². The van der Waals surface area contributed by atoms with Crippen molar-refractivity contribution in [2.75, 3.05) is 5.32 Å². The Morgan fingerprint density at radius 3 is 2.81 bits per heavy atom. The van der Waals surface area contributed by atoms with Gasteiger partial charge in [0.25, 0.3) is 0 Å². The summed E-state index contributed by atoms with van der Waals surface area (Å²) >= 11 is 0. The van der Waals surface area contributed by atoms with E-state index in [4.69, 9.17) is 0 Å². The molecule has 0 aliphatic rings. The Balaban J connectivity index is 1.48. The molecule has 5 rings (SSSR count). The molecule has 0 saturated heterocycles. The van der Waals surface area contributed by atoms with Crippen LogP contribution in [-0.4, -0.2) is 36.4 Å². The Bertz CT molecular complexity index is 1290. The largest absolute Gasteiger partial charge is 0.352 e. The van der Waals surface area contributed by atoms with Gasteiger partial charge in [0.15, 0.2) is 12.1 Å². The minimum atomic E-state index is 0.494. The molecule has 1 aromatic carbocycles. The summed E-state index contributed by atoms with van der Waals surface area (Å²) in [6.07, 6.45) is 5.93. The maximum absolute atomic E-state index is 10.9. The van der Waals surface area contributed by atoms with E-state index in [9.17, 15) is 4.79 Å². The number of aromatic nitrogens is 6. The molecule has 4 aromatic heterocycles. The maximum atomic E-state index is 10.9. The average molecular weight is 355 g/mol. The van der Waals surface area contributed by atoms with Crippen molar-refractivity contribution in [2.45, 2.75) is 0 Å². The number of benzene rings is 1. The number of pyridine rings is 1. The summed E-state index contributed by atoms with van der Waals surface area (Å²) in [4.78, 5) is 27.2. The van der Waals surface area contributed by atoms with Gasteiger partial charge in [0.2, 0.25) is 0 Å². The van der Waals surface area contributed by atoms with Gasteiger partial charge in [0.1, 0.15) is 11.5 Å². The highest BCUT2D eigenvalue weighted by Crippen LogP contribution is 2.23. The van der Waals surface area contributed by atoms with E-state index < -0.39 is 0 Å². The van der Waals surface area contributed by atoms with E-state index in [1.54, 1.807) is 30.7 Å². The Morgan fingerprint density at radius 2 is 1.89 bits per heavy atom. The maximum Gasteiger partial charge on any atom is 0.180 e. The van der Waals surface area contributed by atoms with Crippen LogP contribution < -0.4 is 5.32 Å². The Labute approximate surface area is 152 Å². The lowest BCUT2D eigenvalue weighted by Gasteiger charge is -2.07. The molecule has 0 amide bonds. The fourth-order valence-electron chi connectivity index (χ4n) is 2.95. The fraction of sp³-hybridized carbons (Fsp3) is 0. The number of nitrogens with one attached hydrogen (secondary N) is 3. The summed E-state index contributed by atoms with van der Waals surface area (Å²) in [5, 5.41) is 12.1. The first kappa shape index (κ1) is 15.2. The molecule has 0 unspecified atom stereocenters. The number of anilines is 2. The van der Waals surface area contributed by atoms with Gasteiger partial charge in [-0.3, -0.25) is 14.9 Å². The minimum Gasteiger partial charge on any atom is -0.352 e. The van der Waals surface area contributed by atoms with E-state index in [2.05, 4.69) is 35.5 Å². The SMILES string of the molecule is O=Cc1cc2cnc(-c3nccc(Nc4ccc5[nH]ncc5c4)n3)cc2[nH]1. The lowest BCUT2D eigenvalue weighted by atomic mass is 10.2. The number of carbonyl (C=O) groups excluding carboxylic acids is 1. The van der Waals surface area contributed by atoms with Crippen molar-refractivity contribution in [1.29, 1.82) is 0 Å². The first-order chi connectivity index (χ1) is 13.3. The summed E-state index contributed by atoms with van der Waals surface area (Å²) in [5.41, 5.74) is 3.82. The zero-order valence-corrected chi connectivity index (χ0v) is 14.0. The molecule has 0 saturated carbocycles. The third-order valence-electron chi connectivity index (χ3n) is 4.25. The molecule has 3 N–H and O–H groups in total. The Kier molecular flexibility index (Phi) is 3.39. The second-order valence-corrected chi connectivity index (χ2v) is 6.06. The number of nitrogens with zero attached hydrogens (tertiary/aromatic N) is 4. The third-order valence-corrected chi connectivity index (χ3v) is 4.25. The van der Waals surface area contributed by atoms with Crippen LogP contribution in [0.3, 0.4) is 0 Å². The second kappa shape index (κ2) is 6.03. The Morgan fingerprint density at radius 1 is 0.963 bits per heavy atom. The highest BCUT2D eigenvalue weighted by atomic mass is 16.1. The van der Waals surface area contributed by atoms with Crippen LogP contribution in [0.2, 0.25) is 0 Å². The predicted octanol–water partition coefficient (Wildman–Crippen LogP) is 3.45. The number of hydrogen-bond donors (Lipinski definition) is 3. The van der Waals surface area contributed by atoms with E-state index >= 15 is 0 Å². The molecular weight excluding hydrogens is 342 g/mol. The summed E-state index contributed by atoms with van der Waals surface area (Å²) in [6.45, 7) is 0. The molecule has 8 heteroatoms. The first-order valence-corrected chi connectivity index (χ1v) is 8.26. The molecule has 0 atom stereocenters. The van der Waals surface area contributed by atoms with Crippen LogP contribution in [-0.2, 0) is 0 Å². The number of aldehydes is 1. The van der Waals surface area contributed by atoms with Crippen LogP contribution in [0.25, 0.3) is 33.3 Å². The van der Waals surface area contributed by atoms with Crippen molar-refractivity contribution in [1.82, 2.24) is 30.1 Å². The number of carbonyl (C=O) groups is 1. The smallest absolute Gasteiger partial charge is 0.180 e. The van der Waals surface area contributed by atoms with Gasteiger partial charge in [-0.15, -0.1) is 0 Å². The molecule has 27 heavy (non-hydrogen) atoms. The highest BCUT2D eigenvalue weighted by Gasteiger charge is 2.08. The van der Waals surface area contributed by atoms with Gasteiger partial charge in [-0.05, 0) is 36.4 Å². The summed E-state index contributed by atoms with van der Waals surface area (Å²) < 4.78 is 0. The van der Waals surface area contributed by atoms with E-state index in [1.165, 1.54) is 0 Å². The van der Waals surface area contributed by atoms with E-state index in [0.29, 0.717) is 23.0 Å². The van der Waals surface area contributed by atoms with E-state index in [-0.39, 0.29) is 0 Å². The van der Waals surface area contributed by atoms with Gasteiger partial charge < -0.3 is 10.3 Å². The number of rotatable bonds is 4. The molecule has 4 heterocycles. The molecule has 0 aliphatic carbocycles. The zero-order chi connectivity index (χ0) is 18.2. The number of hydrogen-bond acceptors (Lipinski definition) is 6. The average Bonchev–Trinajstić information content (AvgIpc) is 3.33. The van der Waals surface area contributed by atoms with Crippen LogP contribution in [0, 0.1) is 0 Å². The first-order valence-electron chi connectivity index (χ1n) is 8.26. The van der Waals surface area contributed by atoms with Crippen LogP contribution >= 0.6 is 0 Å². The Hall–Kier alpha value is -4.07. The summed E-state index contributed by atoms with van der Waals surface area (Å²) in [5.74, 6) is 1.15. The van der Waals surface area contributed by atoms with Crippen molar-refractivity contribution in [3.05, 3.63) is 60.7 Å². The lowest BCUT2D eigenvalue weighted by molar-refractivity contribution is 0.112. The van der Waals surface area contributed by atoms with E-state index in [1.807, 2.05) is 24.3 Å². The third kappa shape index (κ3) is 2.78. The summed E-state index contributed by atoms with van der Waals surface area (Å²) in [7, 11) is 0. The molecule has 5 aromatic rings. The number of fused-ring (bicyclic) bond motifs is 2. The van der Waals surface area contributed by atoms with Crippen molar-refractivity contribution >= 4 is 39.6 Å². The zero-order valence-electron chi connectivity index (χ0n) is 14.0. The van der Waals surface area contributed by atoms with Crippen LogP contribution in [0.1, 0.15) is 10.5 Å². The fourth-order valence-corrected chi connectivity index (χ4v) is 2.95. The van der Waals surface area contributed by atoms with Crippen molar-refractivity contribution < 1.29 is 4.79 Å². The topological polar surface area (TPSA) is 112 Å². The van der Waals surface area contributed by atoms with Crippen LogP contribution in [0.4, 0.5) is 11.5 Å². The normalized spacial score (nSPS) is 11.1.